The van der Waals surface area contributed by atoms with Gasteiger partial charge >= 0.3 is 0 Å². The standard InChI is InChI=1S/C13H18ClN/c1-3-13(8-11(13)9-15-2)10-4-6-12(14)7-5-10/h4-7,11,15H,3,8-9H2,1-2H3. The predicted octanol–water partition coefficient (Wildman–Crippen LogP) is 3.23. The molecule has 1 aliphatic rings. The summed E-state index contributed by atoms with van der Waals surface area (Å²) in [6.45, 7) is 3.40. The van der Waals surface area contributed by atoms with Crippen molar-refractivity contribution in [1.82, 2.24) is 5.32 Å². The molecule has 2 heteroatoms. The van der Waals surface area contributed by atoms with Gasteiger partial charge in [-0.25, -0.2) is 0 Å². The molecular weight excluding hydrogens is 206 g/mol. The van der Waals surface area contributed by atoms with Crippen LogP contribution in [0.3, 0.4) is 0 Å². The highest BCUT2D eigenvalue weighted by atomic mass is 35.5. The van der Waals surface area contributed by atoms with E-state index in [4.69, 9.17) is 11.6 Å². The van der Waals surface area contributed by atoms with Crippen molar-refractivity contribution in [1.29, 1.82) is 0 Å². The van der Waals surface area contributed by atoms with Crippen LogP contribution < -0.4 is 5.32 Å². The van der Waals surface area contributed by atoms with Gasteiger partial charge in [-0.2, -0.15) is 0 Å². The lowest BCUT2D eigenvalue weighted by molar-refractivity contribution is 0.561. The molecule has 2 unspecified atom stereocenters. The molecule has 0 aromatic heterocycles. The average Bonchev–Trinajstić information content (AvgIpc) is 2.95. The Morgan fingerprint density at radius 1 is 1.40 bits per heavy atom. The van der Waals surface area contributed by atoms with Gasteiger partial charge in [-0.15, -0.1) is 0 Å². The van der Waals surface area contributed by atoms with E-state index < -0.39 is 0 Å². The Bertz CT molecular complexity index is 333. The van der Waals surface area contributed by atoms with Crippen molar-refractivity contribution in [2.75, 3.05) is 13.6 Å². The van der Waals surface area contributed by atoms with Crippen LogP contribution in [0, 0.1) is 5.92 Å². The van der Waals surface area contributed by atoms with Gasteiger partial charge < -0.3 is 5.32 Å². The molecule has 1 nitrogen and oxygen atoms in total. The molecule has 15 heavy (non-hydrogen) atoms. The third kappa shape index (κ3) is 1.91. The monoisotopic (exact) mass is 223 g/mol. The molecule has 0 saturated heterocycles. The summed E-state index contributed by atoms with van der Waals surface area (Å²) in [5, 5.41) is 4.10. The molecule has 0 aliphatic heterocycles. The van der Waals surface area contributed by atoms with Gasteiger partial charge in [0, 0.05) is 5.02 Å². The lowest BCUT2D eigenvalue weighted by atomic mass is 9.90. The first-order chi connectivity index (χ1) is 7.23. The maximum absolute atomic E-state index is 5.91. The zero-order valence-corrected chi connectivity index (χ0v) is 10.1. The lowest BCUT2D eigenvalue weighted by Crippen LogP contribution is -2.17. The smallest absolute Gasteiger partial charge is 0.0406 e. The van der Waals surface area contributed by atoms with Crippen LogP contribution in [0.15, 0.2) is 24.3 Å². The quantitative estimate of drug-likeness (QED) is 0.827. The van der Waals surface area contributed by atoms with E-state index in [1.807, 2.05) is 19.2 Å². The van der Waals surface area contributed by atoms with Gasteiger partial charge in [-0.3, -0.25) is 0 Å². The maximum atomic E-state index is 5.91. The van der Waals surface area contributed by atoms with Crippen LogP contribution in [-0.2, 0) is 5.41 Å². The molecule has 1 aromatic carbocycles. The highest BCUT2D eigenvalue weighted by molar-refractivity contribution is 6.30. The molecule has 1 aromatic rings. The summed E-state index contributed by atoms with van der Waals surface area (Å²) in [6, 6.07) is 8.37. The summed E-state index contributed by atoms with van der Waals surface area (Å²) in [5.41, 5.74) is 1.88. The predicted molar refractivity (Wildman–Crippen MR) is 65.5 cm³/mol. The minimum absolute atomic E-state index is 0.424. The first-order valence-electron chi connectivity index (χ1n) is 5.63. The number of nitrogens with one attached hydrogen (secondary N) is 1. The summed E-state index contributed by atoms with van der Waals surface area (Å²) in [7, 11) is 2.03. The van der Waals surface area contributed by atoms with Crippen molar-refractivity contribution in [2.45, 2.75) is 25.2 Å². The van der Waals surface area contributed by atoms with Crippen molar-refractivity contribution in [2.24, 2.45) is 5.92 Å². The summed E-state index contributed by atoms with van der Waals surface area (Å²) >= 11 is 5.91. The molecule has 1 fully saturated rings. The Morgan fingerprint density at radius 2 is 2.07 bits per heavy atom. The summed E-state index contributed by atoms with van der Waals surface area (Å²) in [6.07, 6.45) is 2.53. The molecule has 2 atom stereocenters. The Morgan fingerprint density at radius 3 is 2.60 bits per heavy atom. The first-order valence-corrected chi connectivity index (χ1v) is 6.01. The molecule has 0 bridgehead atoms. The second-order valence-corrected chi connectivity index (χ2v) is 4.91. The molecule has 2 rings (SSSR count). The summed E-state index contributed by atoms with van der Waals surface area (Å²) < 4.78 is 0. The zero-order chi connectivity index (χ0) is 10.9. The van der Waals surface area contributed by atoms with E-state index in [0.29, 0.717) is 5.41 Å². The number of benzene rings is 1. The molecule has 0 heterocycles. The topological polar surface area (TPSA) is 12.0 Å². The van der Waals surface area contributed by atoms with Gasteiger partial charge in [0.05, 0.1) is 0 Å². The van der Waals surface area contributed by atoms with Crippen molar-refractivity contribution in [3.8, 4) is 0 Å². The maximum Gasteiger partial charge on any atom is 0.0406 e. The first kappa shape index (κ1) is 11.0. The van der Waals surface area contributed by atoms with Crippen LogP contribution >= 0.6 is 11.6 Å². The fourth-order valence-electron chi connectivity index (χ4n) is 2.67. The third-order valence-electron chi connectivity index (χ3n) is 3.73. The zero-order valence-electron chi connectivity index (χ0n) is 9.39. The highest BCUT2D eigenvalue weighted by Gasteiger charge is 2.52. The van der Waals surface area contributed by atoms with E-state index in [1.165, 1.54) is 18.4 Å². The van der Waals surface area contributed by atoms with Gasteiger partial charge in [-0.1, -0.05) is 30.7 Å². The molecule has 1 N–H and O–H groups in total. The van der Waals surface area contributed by atoms with Crippen LogP contribution in [-0.4, -0.2) is 13.6 Å². The minimum atomic E-state index is 0.424. The van der Waals surface area contributed by atoms with Gasteiger partial charge in [-0.05, 0) is 55.5 Å². The van der Waals surface area contributed by atoms with Gasteiger partial charge in [0.1, 0.15) is 0 Å². The summed E-state index contributed by atoms with van der Waals surface area (Å²) in [5.74, 6) is 0.800. The van der Waals surface area contributed by atoms with Gasteiger partial charge in [0.15, 0.2) is 0 Å². The molecule has 1 saturated carbocycles. The van der Waals surface area contributed by atoms with Crippen LogP contribution in [0.4, 0.5) is 0 Å². The average molecular weight is 224 g/mol. The van der Waals surface area contributed by atoms with Gasteiger partial charge in [0.2, 0.25) is 0 Å². The van der Waals surface area contributed by atoms with Crippen LogP contribution in [0.25, 0.3) is 0 Å². The highest BCUT2D eigenvalue weighted by Crippen LogP contribution is 2.56. The molecule has 0 radical (unpaired) electrons. The largest absolute Gasteiger partial charge is 0.319 e. The van der Waals surface area contributed by atoms with Crippen LogP contribution in [0.2, 0.25) is 5.02 Å². The molecule has 82 valence electrons. The fourth-order valence-corrected chi connectivity index (χ4v) is 2.79. The Balaban J connectivity index is 2.18. The number of halogens is 1. The Kier molecular flexibility index (Phi) is 3.03. The van der Waals surface area contributed by atoms with E-state index in [9.17, 15) is 0 Å². The lowest BCUT2D eigenvalue weighted by Gasteiger charge is -2.15. The van der Waals surface area contributed by atoms with Gasteiger partial charge in [0.25, 0.3) is 0 Å². The van der Waals surface area contributed by atoms with E-state index in [0.717, 1.165) is 17.5 Å². The normalized spacial score (nSPS) is 29.1. The van der Waals surface area contributed by atoms with Crippen molar-refractivity contribution in [3.05, 3.63) is 34.9 Å². The number of hydrogen-bond donors (Lipinski definition) is 1. The molecular formula is C13H18ClN. The SMILES string of the molecule is CCC1(c2ccc(Cl)cc2)CC1CNC. The number of rotatable bonds is 4. The Labute approximate surface area is 96.8 Å². The van der Waals surface area contributed by atoms with Crippen molar-refractivity contribution in [3.63, 3.8) is 0 Å². The van der Waals surface area contributed by atoms with E-state index in [2.05, 4.69) is 24.4 Å². The molecule has 0 amide bonds. The number of hydrogen-bond acceptors (Lipinski definition) is 1. The van der Waals surface area contributed by atoms with E-state index >= 15 is 0 Å². The van der Waals surface area contributed by atoms with Crippen LogP contribution in [0.5, 0.6) is 0 Å². The van der Waals surface area contributed by atoms with E-state index in [1.54, 1.807) is 0 Å². The van der Waals surface area contributed by atoms with Crippen molar-refractivity contribution >= 4 is 11.6 Å². The van der Waals surface area contributed by atoms with E-state index in [-0.39, 0.29) is 0 Å². The third-order valence-corrected chi connectivity index (χ3v) is 3.98. The molecule has 1 aliphatic carbocycles. The fraction of sp³-hybridized carbons (Fsp3) is 0.538. The summed E-state index contributed by atoms with van der Waals surface area (Å²) in [4.78, 5) is 0. The van der Waals surface area contributed by atoms with Crippen molar-refractivity contribution < 1.29 is 0 Å². The minimum Gasteiger partial charge on any atom is -0.319 e. The second-order valence-electron chi connectivity index (χ2n) is 4.48. The van der Waals surface area contributed by atoms with Crippen LogP contribution in [0.1, 0.15) is 25.3 Å². The Hall–Kier alpha value is -0.530. The molecule has 0 spiro atoms. The second kappa shape index (κ2) is 4.15.